The Morgan fingerprint density at radius 2 is 1.59 bits per heavy atom. The van der Waals surface area contributed by atoms with Gasteiger partial charge in [-0.2, -0.15) is 12.6 Å². The van der Waals surface area contributed by atoms with Gasteiger partial charge in [-0.3, -0.25) is 0 Å². The van der Waals surface area contributed by atoms with Crippen molar-refractivity contribution in [3.8, 4) is 0 Å². The molecule has 0 bridgehead atoms. The number of benzene rings is 2. The van der Waals surface area contributed by atoms with Gasteiger partial charge in [-0.1, -0.05) is 30.3 Å². The zero-order valence-electron chi connectivity index (χ0n) is 16.9. The molecule has 0 aliphatic carbocycles. The minimum Gasteiger partial charge on any atom is -0.399 e. The molecule has 0 aliphatic rings. The van der Waals surface area contributed by atoms with E-state index in [0.29, 0.717) is 12.0 Å². The number of halogens is 1. The molecular formula is C24H30FN2OS+. The number of nitrogen functional groups attached to an aromatic ring is 1. The molecule has 0 radical (unpaired) electrons. The Morgan fingerprint density at radius 1 is 0.931 bits per heavy atom. The van der Waals surface area contributed by atoms with Crippen LogP contribution in [0.1, 0.15) is 29.5 Å². The van der Waals surface area contributed by atoms with Gasteiger partial charge in [-0.25, -0.2) is 8.96 Å². The summed E-state index contributed by atoms with van der Waals surface area (Å²) in [4.78, 5) is 8.00. The lowest BCUT2D eigenvalue weighted by Gasteiger charge is -2.08. The third-order valence-electron chi connectivity index (χ3n) is 4.34. The van der Waals surface area contributed by atoms with Crippen molar-refractivity contribution in [2.75, 3.05) is 12.0 Å². The van der Waals surface area contributed by atoms with E-state index in [1.807, 2.05) is 49.3 Å². The van der Waals surface area contributed by atoms with Crippen molar-refractivity contribution in [2.24, 2.45) is 0 Å². The van der Waals surface area contributed by atoms with E-state index in [1.165, 1.54) is 11.6 Å². The SMILES string of the molecule is C=O.CS.Nc1cc(CCCC[n+]2ccccc2)cc(Cc2ccccc2F)c1. The number of carbonyl (C=O) groups excluding carboxylic acids is 1. The fourth-order valence-electron chi connectivity index (χ4n) is 3.11. The molecule has 1 aromatic heterocycles. The van der Waals surface area contributed by atoms with E-state index in [0.717, 1.165) is 37.1 Å². The summed E-state index contributed by atoms with van der Waals surface area (Å²) < 4.78 is 16.0. The van der Waals surface area contributed by atoms with E-state index >= 15 is 0 Å². The van der Waals surface area contributed by atoms with E-state index in [-0.39, 0.29) is 5.82 Å². The molecular weight excluding hydrogens is 383 g/mol. The van der Waals surface area contributed by atoms with Crippen LogP contribution in [0.25, 0.3) is 0 Å². The van der Waals surface area contributed by atoms with E-state index in [1.54, 1.807) is 12.3 Å². The van der Waals surface area contributed by atoms with Crippen LogP contribution in [0.2, 0.25) is 0 Å². The van der Waals surface area contributed by atoms with E-state index in [4.69, 9.17) is 10.5 Å². The molecule has 154 valence electrons. The number of anilines is 1. The molecule has 0 saturated heterocycles. The van der Waals surface area contributed by atoms with Crippen molar-refractivity contribution >= 4 is 25.1 Å². The predicted molar refractivity (Wildman–Crippen MR) is 122 cm³/mol. The molecule has 3 nitrogen and oxygen atoms in total. The van der Waals surface area contributed by atoms with Crippen LogP contribution in [0.4, 0.5) is 10.1 Å². The van der Waals surface area contributed by atoms with Gasteiger partial charge in [0, 0.05) is 30.7 Å². The van der Waals surface area contributed by atoms with Gasteiger partial charge >= 0.3 is 0 Å². The molecule has 1 heterocycles. The zero-order valence-corrected chi connectivity index (χ0v) is 17.8. The summed E-state index contributed by atoms with van der Waals surface area (Å²) in [6.07, 6.45) is 9.66. The molecule has 0 aliphatic heterocycles. The first-order valence-electron chi connectivity index (χ1n) is 9.50. The van der Waals surface area contributed by atoms with Gasteiger partial charge in [0.05, 0.1) is 0 Å². The van der Waals surface area contributed by atoms with E-state index in [9.17, 15) is 4.39 Å². The topological polar surface area (TPSA) is 47.0 Å². The molecule has 0 amide bonds. The van der Waals surface area contributed by atoms with Gasteiger partial charge in [0.15, 0.2) is 12.4 Å². The smallest absolute Gasteiger partial charge is 0.168 e. The highest BCUT2D eigenvalue weighted by Crippen LogP contribution is 2.19. The van der Waals surface area contributed by atoms with Crippen molar-refractivity contribution in [1.29, 1.82) is 0 Å². The van der Waals surface area contributed by atoms with Crippen LogP contribution in [-0.4, -0.2) is 13.0 Å². The van der Waals surface area contributed by atoms with Crippen LogP contribution in [0.3, 0.4) is 0 Å². The van der Waals surface area contributed by atoms with Gasteiger partial charge in [-0.15, -0.1) is 0 Å². The lowest BCUT2D eigenvalue weighted by molar-refractivity contribution is -0.697. The fraction of sp³-hybridized carbons (Fsp3) is 0.250. The number of hydrogen-bond acceptors (Lipinski definition) is 3. The zero-order chi connectivity index (χ0) is 21.5. The molecule has 5 heteroatoms. The highest BCUT2D eigenvalue weighted by molar-refractivity contribution is 7.79. The van der Waals surface area contributed by atoms with Gasteiger partial charge in [-0.05, 0) is 54.0 Å². The molecule has 2 aromatic carbocycles. The summed E-state index contributed by atoms with van der Waals surface area (Å²) in [7, 11) is 0. The number of pyridine rings is 1. The second-order valence-electron chi connectivity index (χ2n) is 6.42. The lowest BCUT2D eigenvalue weighted by Crippen LogP contribution is -2.32. The van der Waals surface area contributed by atoms with Gasteiger partial charge in [0.2, 0.25) is 0 Å². The Balaban J connectivity index is 0.000000989. The summed E-state index contributed by atoms with van der Waals surface area (Å²) >= 11 is 3.53. The Bertz CT molecular complexity index is 843. The van der Waals surface area contributed by atoms with Crippen molar-refractivity contribution in [1.82, 2.24) is 0 Å². The maximum atomic E-state index is 13.9. The third-order valence-corrected chi connectivity index (χ3v) is 4.34. The van der Waals surface area contributed by atoms with Crippen LogP contribution in [-0.2, 0) is 24.2 Å². The quantitative estimate of drug-likeness (QED) is 0.256. The maximum Gasteiger partial charge on any atom is 0.168 e. The first kappa shape index (κ1) is 24.4. The molecule has 0 spiro atoms. The van der Waals surface area contributed by atoms with Crippen LogP contribution >= 0.6 is 12.6 Å². The lowest BCUT2D eigenvalue weighted by atomic mass is 9.99. The van der Waals surface area contributed by atoms with Crippen LogP contribution < -0.4 is 10.3 Å². The fourth-order valence-corrected chi connectivity index (χ4v) is 3.11. The number of hydrogen-bond donors (Lipinski definition) is 2. The molecule has 0 fully saturated rings. The Hall–Kier alpha value is -2.66. The van der Waals surface area contributed by atoms with Crippen molar-refractivity contribution < 1.29 is 13.8 Å². The monoisotopic (exact) mass is 413 g/mol. The summed E-state index contributed by atoms with van der Waals surface area (Å²) in [5.41, 5.74) is 9.80. The van der Waals surface area contributed by atoms with Crippen LogP contribution in [0.5, 0.6) is 0 Å². The van der Waals surface area contributed by atoms with Crippen molar-refractivity contribution in [3.05, 3.63) is 95.6 Å². The number of carbonyl (C=O) groups is 1. The second-order valence-corrected chi connectivity index (χ2v) is 6.42. The van der Waals surface area contributed by atoms with Crippen molar-refractivity contribution in [3.63, 3.8) is 0 Å². The molecule has 0 saturated carbocycles. The summed E-state index contributed by atoms with van der Waals surface area (Å²) in [5, 5.41) is 0. The van der Waals surface area contributed by atoms with E-state index in [2.05, 4.69) is 35.7 Å². The molecule has 2 N–H and O–H groups in total. The standard InChI is InChI=1S/C22H24FN2.CH2O.CH4S/c23-22-10-3-2-9-20(22)15-19-14-18(16-21(24)17-19)8-4-7-13-25-11-5-1-6-12-25;2*1-2/h1-3,5-6,9-12,14,16-17H,4,7-8,13,15,24H2;1H2;2H,1H3/q+1;;. The number of unbranched alkanes of at least 4 members (excludes halogenated alkanes) is 1. The highest BCUT2D eigenvalue weighted by Gasteiger charge is 2.05. The predicted octanol–water partition coefficient (Wildman–Crippen LogP) is 4.67. The molecule has 29 heavy (non-hydrogen) atoms. The number of nitrogens with zero attached hydrogens (tertiary/aromatic N) is 1. The normalized spacial score (nSPS) is 9.62. The molecule has 0 unspecified atom stereocenters. The molecule has 0 atom stereocenters. The van der Waals surface area contributed by atoms with Crippen LogP contribution in [0, 0.1) is 5.82 Å². The number of thiol groups is 1. The number of nitrogens with two attached hydrogens (primary N) is 1. The van der Waals surface area contributed by atoms with Gasteiger partial charge < -0.3 is 10.5 Å². The van der Waals surface area contributed by atoms with E-state index < -0.39 is 0 Å². The Labute approximate surface area is 178 Å². The van der Waals surface area contributed by atoms with Crippen LogP contribution in [0.15, 0.2) is 73.1 Å². The van der Waals surface area contributed by atoms with Gasteiger partial charge in [0.25, 0.3) is 0 Å². The maximum absolute atomic E-state index is 13.9. The summed E-state index contributed by atoms with van der Waals surface area (Å²) in [5.74, 6) is -0.161. The molecule has 3 rings (SSSR count). The minimum atomic E-state index is -0.161. The summed E-state index contributed by atoms with van der Waals surface area (Å²) in [6, 6.07) is 19.2. The number of aromatic nitrogens is 1. The number of aryl methyl sites for hydroxylation is 2. The Kier molecular flexibility index (Phi) is 12.1. The first-order chi connectivity index (χ1) is 14.2. The molecule has 3 aromatic rings. The van der Waals surface area contributed by atoms with Gasteiger partial charge in [0.1, 0.15) is 19.2 Å². The van der Waals surface area contributed by atoms with Crippen molar-refractivity contribution in [2.45, 2.75) is 32.2 Å². The highest BCUT2D eigenvalue weighted by atomic mass is 32.1. The summed E-state index contributed by atoms with van der Waals surface area (Å²) in [6.45, 7) is 3.02. The second kappa shape index (κ2) is 14.4. The average molecular weight is 414 g/mol. The average Bonchev–Trinajstić information content (AvgIpc) is 2.76. The largest absolute Gasteiger partial charge is 0.399 e. The first-order valence-corrected chi connectivity index (χ1v) is 10.4. The third kappa shape index (κ3) is 8.92. The Morgan fingerprint density at radius 3 is 2.28 bits per heavy atom. The number of rotatable bonds is 7. The minimum absolute atomic E-state index is 0.161.